The number of halogens is 1. The molecule has 1 fully saturated rings. The molecule has 1 atom stereocenters. The molecule has 1 aliphatic heterocycles. The summed E-state index contributed by atoms with van der Waals surface area (Å²) in [7, 11) is 0. The van der Waals surface area contributed by atoms with Gasteiger partial charge < -0.3 is 20.7 Å². The van der Waals surface area contributed by atoms with Crippen molar-refractivity contribution in [2.75, 3.05) is 30.3 Å². The van der Waals surface area contributed by atoms with Gasteiger partial charge in [-0.05, 0) is 55.7 Å². The van der Waals surface area contributed by atoms with Gasteiger partial charge in [0, 0.05) is 35.1 Å². The van der Waals surface area contributed by atoms with Crippen molar-refractivity contribution in [3.8, 4) is 0 Å². The molecule has 1 aliphatic rings. The van der Waals surface area contributed by atoms with Crippen LogP contribution in [0.3, 0.4) is 0 Å². The van der Waals surface area contributed by atoms with Gasteiger partial charge in [-0.25, -0.2) is 0 Å². The summed E-state index contributed by atoms with van der Waals surface area (Å²) in [5.74, 6) is -0.396. The Labute approximate surface area is 169 Å². The summed E-state index contributed by atoms with van der Waals surface area (Å²) >= 11 is 6.09. The molecule has 2 amide bonds. The highest BCUT2D eigenvalue weighted by Gasteiger charge is 2.16. The average molecular weight is 402 g/mol. The second kappa shape index (κ2) is 9.57. The highest BCUT2D eigenvalue weighted by Crippen LogP contribution is 2.20. The monoisotopic (exact) mass is 401 g/mol. The van der Waals surface area contributed by atoms with Gasteiger partial charge in [0.25, 0.3) is 5.91 Å². The van der Waals surface area contributed by atoms with Gasteiger partial charge in [0.2, 0.25) is 5.91 Å². The molecule has 7 heteroatoms. The van der Waals surface area contributed by atoms with Gasteiger partial charge in [-0.1, -0.05) is 23.7 Å². The largest absolute Gasteiger partial charge is 0.376 e. The molecule has 0 saturated carbocycles. The van der Waals surface area contributed by atoms with Crippen molar-refractivity contribution in [2.24, 2.45) is 0 Å². The van der Waals surface area contributed by atoms with E-state index in [4.69, 9.17) is 16.3 Å². The second-order valence-electron chi connectivity index (χ2n) is 6.79. The van der Waals surface area contributed by atoms with Crippen molar-refractivity contribution in [1.82, 2.24) is 5.32 Å². The van der Waals surface area contributed by atoms with Crippen LogP contribution in [0, 0.1) is 6.92 Å². The van der Waals surface area contributed by atoms with Crippen LogP contribution in [0.25, 0.3) is 0 Å². The number of nitrogens with one attached hydrogen (secondary N) is 3. The van der Waals surface area contributed by atoms with E-state index in [-0.39, 0.29) is 24.5 Å². The molecular weight excluding hydrogens is 378 g/mol. The zero-order chi connectivity index (χ0) is 19.9. The maximum absolute atomic E-state index is 12.3. The van der Waals surface area contributed by atoms with Crippen LogP contribution in [-0.2, 0) is 9.53 Å². The maximum Gasteiger partial charge on any atom is 0.251 e. The van der Waals surface area contributed by atoms with E-state index in [0.29, 0.717) is 22.8 Å². The molecule has 6 nitrogen and oxygen atoms in total. The second-order valence-corrected chi connectivity index (χ2v) is 7.20. The van der Waals surface area contributed by atoms with E-state index in [2.05, 4.69) is 16.0 Å². The smallest absolute Gasteiger partial charge is 0.251 e. The first-order valence-electron chi connectivity index (χ1n) is 9.31. The van der Waals surface area contributed by atoms with Crippen LogP contribution < -0.4 is 16.0 Å². The van der Waals surface area contributed by atoms with Crippen LogP contribution in [-0.4, -0.2) is 37.6 Å². The molecule has 2 aromatic carbocycles. The quantitative estimate of drug-likeness (QED) is 0.662. The first-order valence-corrected chi connectivity index (χ1v) is 9.69. The fourth-order valence-corrected chi connectivity index (χ4v) is 3.12. The van der Waals surface area contributed by atoms with Gasteiger partial charge in [0.05, 0.1) is 12.6 Å². The van der Waals surface area contributed by atoms with Gasteiger partial charge >= 0.3 is 0 Å². The van der Waals surface area contributed by atoms with Crippen LogP contribution in [0.15, 0.2) is 42.5 Å². The molecule has 1 saturated heterocycles. The van der Waals surface area contributed by atoms with E-state index in [1.807, 2.05) is 19.1 Å². The van der Waals surface area contributed by atoms with Crippen molar-refractivity contribution in [3.05, 3.63) is 58.6 Å². The Hall–Kier alpha value is -2.57. The lowest BCUT2D eigenvalue weighted by Gasteiger charge is -2.12. The molecular formula is C21H24ClN3O3. The summed E-state index contributed by atoms with van der Waals surface area (Å²) in [5, 5.41) is 9.35. The summed E-state index contributed by atoms with van der Waals surface area (Å²) in [4.78, 5) is 24.5. The fourth-order valence-electron chi connectivity index (χ4n) is 2.94. The third kappa shape index (κ3) is 5.71. The number of rotatable bonds is 7. The van der Waals surface area contributed by atoms with Crippen molar-refractivity contribution in [1.29, 1.82) is 0 Å². The molecule has 148 valence electrons. The summed E-state index contributed by atoms with van der Waals surface area (Å²) in [6, 6.07) is 12.4. The Bertz CT molecular complexity index is 851. The number of carbonyl (C=O) groups excluding carboxylic acids is 2. The Morgan fingerprint density at radius 2 is 2.04 bits per heavy atom. The average Bonchev–Trinajstić information content (AvgIpc) is 3.21. The molecule has 1 unspecified atom stereocenters. The van der Waals surface area contributed by atoms with E-state index in [0.717, 1.165) is 30.7 Å². The van der Waals surface area contributed by atoms with Gasteiger partial charge in [0.1, 0.15) is 0 Å². The van der Waals surface area contributed by atoms with E-state index in [1.54, 1.807) is 30.3 Å². The van der Waals surface area contributed by atoms with Crippen LogP contribution in [0.4, 0.5) is 11.4 Å². The highest BCUT2D eigenvalue weighted by molar-refractivity contribution is 6.31. The lowest BCUT2D eigenvalue weighted by Crippen LogP contribution is -2.31. The van der Waals surface area contributed by atoms with Crippen molar-refractivity contribution < 1.29 is 14.3 Å². The Kier molecular flexibility index (Phi) is 6.90. The SMILES string of the molecule is Cc1ccc(NCC(=O)Nc2cccc(C(=O)NCC3CCCO3)c2)cc1Cl. The molecule has 0 aromatic heterocycles. The molecule has 3 rings (SSSR count). The summed E-state index contributed by atoms with van der Waals surface area (Å²) in [5.41, 5.74) is 2.81. The summed E-state index contributed by atoms with van der Waals surface area (Å²) in [6.07, 6.45) is 2.09. The number of carbonyl (C=O) groups is 2. The molecule has 1 heterocycles. The lowest BCUT2D eigenvalue weighted by atomic mass is 10.1. The summed E-state index contributed by atoms with van der Waals surface area (Å²) in [6.45, 7) is 3.26. The Morgan fingerprint density at radius 3 is 2.79 bits per heavy atom. The number of anilines is 2. The maximum atomic E-state index is 12.3. The van der Waals surface area contributed by atoms with Crippen molar-refractivity contribution in [3.63, 3.8) is 0 Å². The van der Waals surface area contributed by atoms with Crippen LogP contribution >= 0.6 is 11.6 Å². The first-order chi connectivity index (χ1) is 13.5. The van der Waals surface area contributed by atoms with Gasteiger partial charge in [-0.3, -0.25) is 9.59 Å². The van der Waals surface area contributed by atoms with Crippen molar-refractivity contribution in [2.45, 2.75) is 25.9 Å². The number of benzene rings is 2. The molecule has 0 bridgehead atoms. The van der Waals surface area contributed by atoms with E-state index in [9.17, 15) is 9.59 Å². The predicted molar refractivity (Wildman–Crippen MR) is 111 cm³/mol. The topological polar surface area (TPSA) is 79.5 Å². The van der Waals surface area contributed by atoms with Crippen LogP contribution in [0.2, 0.25) is 5.02 Å². The van der Waals surface area contributed by atoms with E-state index in [1.165, 1.54) is 0 Å². The minimum atomic E-state index is -0.214. The van der Waals surface area contributed by atoms with Crippen LogP contribution in [0.1, 0.15) is 28.8 Å². The van der Waals surface area contributed by atoms with Gasteiger partial charge in [0.15, 0.2) is 0 Å². The van der Waals surface area contributed by atoms with E-state index < -0.39 is 0 Å². The van der Waals surface area contributed by atoms with Gasteiger partial charge in [-0.2, -0.15) is 0 Å². The van der Waals surface area contributed by atoms with Crippen LogP contribution in [0.5, 0.6) is 0 Å². The van der Waals surface area contributed by atoms with Gasteiger partial charge in [-0.15, -0.1) is 0 Å². The predicted octanol–water partition coefficient (Wildman–Crippen LogP) is 3.61. The van der Waals surface area contributed by atoms with Crippen molar-refractivity contribution >= 4 is 34.8 Å². The molecule has 3 N–H and O–H groups in total. The molecule has 2 aromatic rings. The number of hydrogen-bond donors (Lipinski definition) is 3. The van der Waals surface area contributed by atoms with E-state index >= 15 is 0 Å². The standard InChI is InChI=1S/C21H24ClN3O3/c1-14-7-8-16(11-19(14)22)23-13-20(26)25-17-5-2-4-15(10-17)21(27)24-12-18-6-3-9-28-18/h2,4-5,7-8,10-11,18,23H,3,6,9,12-13H2,1H3,(H,24,27)(H,25,26). The Morgan fingerprint density at radius 1 is 1.18 bits per heavy atom. The number of aryl methyl sites for hydroxylation is 1. The minimum Gasteiger partial charge on any atom is -0.376 e. The minimum absolute atomic E-state index is 0.0909. The molecule has 0 aliphatic carbocycles. The highest BCUT2D eigenvalue weighted by atomic mass is 35.5. The zero-order valence-corrected chi connectivity index (χ0v) is 16.5. The molecule has 0 spiro atoms. The number of hydrogen-bond acceptors (Lipinski definition) is 4. The fraction of sp³-hybridized carbons (Fsp3) is 0.333. The molecule has 0 radical (unpaired) electrons. The zero-order valence-electron chi connectivity index (χ0n) is 15.8. The first kappa shape index (κ1) is 20.2. The number of amides is 2. The normalized spacial score (nSPS) is 15.9. The summed E-state index contributed by atoms with van der Waals surface area (Å²) < 4.78 is 5.51. The lowest BCUT2D eigenvalue weighted by molar-refractivity contribution is -0.114. The third-order valence-corrected chi connectivity index (χ3v) is 4.95. The third-order valence-electron chi connectivity index (χ3n) is 4.55. The number of ether oxygens (including phenoxy) is 1. The molecule has 28 heavy (non-hydrogen) atoms. The Balaban J connectivity index is 1.50.